The molecule has 1 heterocycles. The first-order valence-electron chi connectivity index (χ1n) is 7.81. The van der Waals surface area contributed by atoms with Gasteiger partial charge < -0.3 is 9.64 Å². The average Bonchev–Trinajstić information content (AvgIpc) is 2.49. The van der Waals surface area contributed by atoms with Crippen molar-refractivity contribution in [1.29, 1.82) is 0 Å². The number of nitrogens with zero attached hydrogens (tertiary/aromatic N) is 1. The molecule has 0 unspecified atom stereocenters. The lowest BCUT2D eigenvalue weighted by Gasteiger charge is -2.30. The van der Waals surface area contributed by atoms with Gasteiger partial charge in [-0.2, -0.15) is 0 Å². The van der Waals surface area contributed by atoms with Crippen LogP contribution in [-0.2, 0) is 14.8 Å². The zero-order valence-electron chi connectivity index (χ0n) is 14.2. The minimum absolute atomic E-state index is 0.250. The molecule has 0 saturated carbocycles. The SMILES string of the molecule is CC.CC(C)c1cc(N2CCOCC2)ccc1NS(C)(=O)=O. The third-order valence-electron chi connectivity index (χ3n) is 3.33. The first-order chi connectivity index (χ1) is 10.4. The zero-order valence-corrected chi connectivity index (χ0v) is 15.0. The van der Waals surface area contributed by atoms with Gasteiger partial charge in [0.2, 0.25) is 10.0 Å². The fourth-order valence-corrected chi connectivity index (χ4v) is 2.92. The number of hydrogen-bond donors (Lipinski definition) is 1. The number of nitrogens with one attached hydrogen (secondary N) is 1. The standard InChI is InChI=1S/C14H22N2O3S.C2H6/c1-11(2)13-10-12(16-6-8-19-9-7-16)4-5-14(13)15-20(3,17)18;1-2/h4-5,10-11,15H,6-9H2,1-3H3;1-2H3. The molecule has 1 aromatic carbocycles. The summed E-state index contributed by atoms with van der Waals surface area (Å²) in [5.74, 6) is 0.250. The predicted molar refractivity (Wildman–Crippen MR) is 93.4 cm³/mol. The predicted octanol–water partition coefficient (Wildman–Crippen LogP) is 3.04. The molecule has 6 heteroatoms. The second kappa shape index (κ2) is 8.39. The fraction of sp³-hybridized carbons (Fsp3) is 0.625. The average molecular weight is 328 g/mol. The van der Waals surface area contributed by atoms with E-state index >= 15 is 0 Å². The summed E-state index contributed by atoms with van der Waals surface area (Å²) in [6.07, 6.45) is 1.17. The van der Waals surface area contributed by atoms with Gasteiger partial charge in [-0.25, -0.2) is 8.42 Å². The number of hydrogen-bond acceptors (Lipinski definition) is 4. The largest absolute Gasteiger partial charge is 0.378 e. The van der Waals surface area contributed by atoms with Crippen molar-refractivity contribution in [2.75, 3.05) is 42.2 Å². The molecule has 126 valence electrons. The summed E-state index contributed by atoms with van der Waals surface area (Å²) in [6.45, 7) is 11.3. The molecule has 0 bridgehead atoms. The first-order valence-corrected chi connectivity index (χ1v) is 9.70. The van der Waals surface area contributed by atoms with Crippen LogP contribution in [0.4, 0.5) is 11.4 Å². The van der Waals surface area contributed by atoms with Crippen molar-refractivity contribution in [3.05, 3.63) is 23.8 Å². The third-order valence-corrected chi connectivity index (χ3v) is 3.92. The number of rotatable bonds is 4. The van der Waals surface area contributed by atoms with E-state index in [1.165, 1.54) is 6.26 Å². The van der Waals surface area contributed by atoms with E-state index in [0.717, 1.165) is 37.6 Å². The number of ether oxygens (including phenoxy) is 1. The van der Waals surface area contributed by atoms with Gasteiger partial charge in [0, 0.05) is 18.8 Å². The first kappa shape index (κ1) is 18.8. The Morgan fingerprint density at radius 1 is 1.18 bits per heavy atom. The molecule has 0 amide bonds. The van der Waals surface area contributed by atoms with Crippen molar-refractivity contribution in [3.63, 3.8) is 0 Å². The molecule has 0 atom stereocenters. The maximum atomic E-state index is 11.4. The van der Waals surface area contributed by atoms with Crippen LogP contribution in [0.1, 0.15) is 39.2 Å². The van der Waals surface area contributed by atoms with Crippen LogP contribution in [0.15, 0.2) is 18.2 Å². The van der Waals surface area contributed by atoms with Crippen LogP contribution < -0.4 is 9.62 Å². The number of morpholine rings is 1. The highest BCUT2D eigenvalue weighted by molar-refractivity contribution is 7.92. The van der Waals surface area contributed by atoms with Crippen LogP contribution in [0, 0.1) is 0 Å². The van der Waals surface area contributed by atoms with E-state index < -0.39 is 10.0 Å². The second-order valence-electron chi connectivity index (χ2n) is 5.40. The van der Waals surface area contributed by atoms with Gasteiger partial charge in [-0.1, -0.05) is 27.7 Å². The van der Waals surface area contributed by atoms with Crippen LogP contribution in [0.5, 0.6) is 0 Å². The lowest BCUT2D eigenvalue weighted by Crippen LogP contribution is -2.36. The molecule has 0 aromatic heterocycles. The summed E-state index contributed by atoms with van der Waals surface area (Å²) in [5, 5.41) is 0. The number of benzene rings is 1. The molecule has 22 heavy (non-hydrogen) atoms. The molecule has 2 rings (SSSR count). The minimum Gasteiger partial charge on any atom is -0.378 e. The molecule has 0 aliphatic carbocycles. The Morgan fingerprint density at radius 2 is 1.77 bits per heavy atom. The molecule has 1 aliphatic heterocycles. The Bertz CT molecular complexity index is 565. The Balaban J connectivity index is 0.00000116. The Hall–Kier alpha value is -1.27. The number of sulfonamides is 1. The zero-order chi connectivity index (χ0) is 16.8. The summed E-state index contributed by atoms with van der Waals surface area (Å²) in [5.41, 5.74) is 2.80. The van der Waals surface area contributed by atoms with Crippen molar-refractivity contribution >= 4 is 21.4 Å². The van der Waals surface area contributed by atoms with Crippen molar-refractivity contribution < 1.29 is 13.2 Å². The maximum absolute atomic E-state index is 11.4. The highest BCUT2D eigenvalue weighted by atomic mass is 32.2. The van der Waals surface area contributed by atoms with Crippen molar-refractivity contribution in [3.8, 4) is 0 Å². The summed E-state index contributed by atoms with van der Waals surface area (Å²) in [4.78, 5) is 2.26. The smallest absolute Gasteiger partial charge is 0.229 e. The van der Waals surface area contributed by atoms with Crippen LogP contribution >= 0.6 is 0 Å². The van der Waals surface area contributed by atoms with E-state index in [4.69, 9.17) is 4.74 Å². The number of anilines is 2. The van der Waals surface area contributed by atoms with Crippen LogP contribution in [0.3, 0.4) is 0 Å². The topological polar surface area (TPSA) is 58.6 Å². The summed E-state index contributed by atoms with van der Waals surface area (Å²) >= 11 is 0. The molecule has 0 spiro atoms. The Labute approximate surface area is 134 Å². The quantitative estimate of drug-likeness (QED) is 0.923. The van der Waals surface area contributed by atoms with Gasteiger partial charge in [-0.15, -0.1) is 0 Å². The second-order valence-corrected chi connectivity index (χ2v) is 7.15. The summed E-state index contributed by atoms with van der Waals surface area (Å²) in [7, 11) is -3.25. The van der Waals surface area contributed by atoms with E-state index in [9.17, 15) is 8.42 Å². The molecule has 1 fully saturated rings. The third kappa shape index (κ3) is 5.50. The molecule has 5 nitrogen and oxygen atoms in total. The molecule has 1 saturated heterocycles. The molecular weight excluding hydrogens is 300 g/mol. The highest BCUT2D eigenvalue weighted by Gasteiger charge is 2.15. The van der Waals surface area contributed by atoms with Crippen LogP contribution in [-0.4, -0.2) is 41.0 Å². The lowest BCUT2D eigenvalue weighted by atomic mass is 10.0. The lowest BCUT2D eigenvalue weighted by molar-refractivity contribution is 0.122. The molecule has 0 radical (unpaired) electrons. The molecular formula is C16H28N2O3S. The van der Waals surface area contributed by atoms with E-state index in [2.05, 4.69) is 29.5 Å². The molecule has 1 aliphatic rings. The van der Waals surface area contributed by atoms with Gasteiger partial charge in [0.15, 0.2) is 0 Å². The molecule has 1 aromatic rings. The fourth-order valence-electron chi connectivity index (χ4n) is 2.34. The highest BCUT2D eigenvalue weighted by Crippen LogP contribution is 2.30. The van der Waals surface area contributed by atoms with Gasteiger partial charge in [0.1, 0.15) is 0 Å². The molecule has 1 N–H and O–H groups in total. The van der Waals surface area contributed by atoms with Gasteiger partial charge in [0.25, 0.3) is 0 Å². The van der Waals surface area contributed by atoms with E-state index in [-0.39, 0.29) is 5.92 Å². The van der Waals surface area contributed by atoms with Gasteiger partial charge in [-0.3, -0.25) is 4.72 Å². The van der Waals surface area contributed by atoms with E-state index in [0.29, 0.717) is 5.69 Å². The Morgan fingerprint density at radius 3 is 2.27 bits per heavy atom. The van der Waals surface area contributed by atoms with Crippen LogP contribution in [0.2, 0.25) is 0 Å². The van der Waals surface area contributed by atoms with E-state index in [1.807, 2.05) is 26.0 Å². The van der Waals surface area contributed by atoms with E-state index in [1.54, 1.807) is 0 Å². The normalized spacial score (nSPS) is 15.3. The van der Waals surface area contributed by atoms with Crippen molar-refractivity contribution in [2.45, 2.75) is 33.6 Å². The van der Waals surface area contributed by atoms with Gasteiger partial charge in [0.05, 0.1) is 25.2 Å². The monoisotopic (exact) mass is 328 g/mol. The van der Waals surface area contributed by atoms with Crippen molar-refractivity contribution in [1.82, 2.24) is 0 Å². The van der Waals surface area contributed by atoms with Gasteiger partial charge in [-0.05, 0) is 29.7 Å². The summed E-state index contributed by atoms with van der Waals surface area (Å²) in [6, 6.07) is 5.88. The minimum atomic E-state index is -3.25. The van der Waals surface area contributed by atoms with Crippen LogP contribution in [0.25, 0.3) is 0 Å². The van der Waals surface area contributed by atoms with Crippen molar-refractivity contribution in [2.24, 2.45) is 0 Å². The maximum Gasteiger partial charge on any atom is 0.229 e. The summed E-state index contributed by atoms with van der Waals surface area (Å²) < 4.78 is 30.8. The van der Waals surface area contributed by atoms with Gasteiger partial charge >= 0.3 is 0 Å². The Kier molecular flexibility index (Phi) is 7.16.